The van der Waals surface area contributed by atoms with E-state index in [1.807, 2.05) is 0 Å². The zero-order chi connectivity index (χ0) is 20.1. The highest BCUT2D eigenvalue weighted by Gasteiger charge is 2.48. The lowest BCUT2D eigenvalue weighted by Crippen LogP contribution is -2.65. The van der Waals surface area contributed by atoms with E-state index in [1.165, 1.54) is 11.8 Å². The predicted octanol–water partition coefficient (Wildman–Crippen LogP) is 0.437. The van der Waals surface area contributed by atoms with Gasteiger partial charge in [0, 0.05) is 0 Å². The minimum atomic E-state index is -1.36. The van der Waals surface area contributed by atoms with Crippen molar-refractivity contribution in [2.24, 2.45) is 5.92 Å². The van der Waals surface area contributed by atoms with Crippen molar-refractivity contribution in [3.05, 3.63) is 0 Å². The minimum Gasteiger partial charge on any atom is -0.388 e. The Morgan fingerprint density at radius 1 is 1.26 bits per heavy atom. The van der Waals surface area contributed by atoms with E-state index in [9.17, 15) is 20.1 Å². The molecule has 1 amide bonds. The number of carbonyl (C=O) groups excluding carboxylic acids is 1. The summed E-state index contributed by atoms with van der Waals surface area (Å²) < 4.78 is 5.78. The van der Waals surface area contributed by atoms with E-state index in [0.717, 1.165) is 32.2 Å². The molecule has 0 bridgehead atoms. The summed E-state index contributed by atoms with van der Waals surface area (Å²) in [6.07, 6.45) is 0.816. The SMILES string of the molecule is CCC1CCNC(C(=O)NC(C(C)Cl)[C@H]2O[C@H](SC)[C@H](O)[C@@H](O)[C@H]2O)CC1. The maximum absolute atomic E-state index is 12.8. The number of carbonyl (C=O) groups is 1. The predicted molar refractivity (Wildman–Crippen MR) is 107 cm³/mol. The highest BCUT2D eigenvalue weighted by Crippen LogP contribution is 2.30. The van der Waals surface area contributed by atoms with Crippen molar-refractivity contribution in [3.63, 3.8) is 0 Å². The van der Waals surface area contributed by atoms with Gasteiger partial charge < -0.3 is 30.7 Å². The number of hydrogen-bond acceptors (Lipinski definition) is 7. The maximum atomic E-state index is 12.8. The fraction of sp³-hybridized carbons (Fsp3) is 0.944. The first kappa shape index (κ1) is 23.2. The van der Waals surface area contributed by atoms with Gasteiger partial charge in [-0.3, -0.25) is 4.79 Å². The van der Waals surface area contributed by atoms with Gasteiger partial charge in [-0.05, 0) is 44.9 Å². The van der Waals surface area contributed by atoms with Crippen molar-refractivity contribution in [1.29, 1.82) is 0 Å². The second kappa shape index (κ2) is 10.6. The van der Waals surface area contributed by atoms with Crippen LogP contribution in [0, 0.1) is 5.92 Å². The third-order valence-corrected chi connectivity index (χ3v) is 6.82. The number of amides is 1. The number of halogens is 1. The van der Waals surface area contributed by atoms with E-state index in [2.05, 4.69) is 17.6 Å². The molecule has 2 fully saturated rings. The highest BCUT2D eigenvalue weighted by atomic mass is 35.5. The van der Waals surface area contributed by atoms with Crippen LogP contribution < -0.4 is 10.6 Å². The van der Waals surface area contributed by atoms with Gasteiger partial charge in [0.25, 0.3) is 0 Å². The monoisotopic (exact) mass is 424 g/mol. The summed E-state index contributed by atoms with van der Waals surface area (Å²) in [5, 5.41) is 36.3. The van der Waals surface area contributed by atoms with Gasteiger partial charge in [-0.25, -0.2) is 0 Å². The molecule has 5 N–H and O–H groups in total. The molecule has 0 spiro atoms. The Balaban J connectivity index is 2.07. The van der Waals surface area contributed by atoms with Crippen LogP contribution in [-0.2, 0) is 9.53 Å². The van der Waals surface area contributed by atoms with Crippen LogP contribution >= 0.6 is 23.4 Å². The van der Waals surface area contributed by atoms with Gasteiger partial charge in [0.05, 0.1) is 17.5 Å². The molecule has 9 heteroatoms. The smallest absolute Gasteiger partial charge is 0.237 e. The fourth-order valence-corrected chi connectivity index (χ4v) is 4.72. The van der Waals surface area contributed by atoms with Gasteiger partial charge in [0.15, 0.2) is 0 Å². The normalized spacial score (nSPS) is 40.0. The van der Waals surface area contributed by atoms with Gasteiger partial charge >= 0.3 is 0 Å². The lowest BCUT2D eigenvalue weighted by atomic mass is 9.92. The van der Waals surface area contributed by atoms with Crippen molar-refractivity contribution in [1.82, 2.24) is 10.6 Å². The Bertz CT molecular complexity index is 485. The molecule has 0 saturated carbocycles. The Hall–Kier alpha value is -0.0900. The molecular weight excluding hydrogens is 392 g/mol. The van der Waals surface area contributed by atoms with Crippen LogP contribution in [0.15, 0.2) is 0 Å². The number of ether oxygens (including phenoxy) is 1. The number of rotatable bonds is 6. The van der Waals surface area contributed by atoms with Gasteiger partial charge in [0.2, 0.25) is 5.91 Å². The van der Waals surface area contributed by atoms with Crippen molar-refractivity contribution in [2.45, 2.75) is 86.8 Å². The van der Waals surface area contributed by atoms with E-state index in [0.29, 0.717) is 5.92 Å². The molecule has 2 aliphatic rings. The first-order chi connectivity index (χ1) is 12.8. The van der Waals surface area contributed by atoms with Crippen LogP contribution in [0.4, 0.5) is 0 Å². The average molecular weight is 425 g/mol. The third kappa shape index (κ3) is 5.72. The number of hydrogen-bond donors (Lipinski definition) is 5. The highest BCUT2D eigenvalue weighted by molar-refractivity contribution is 7.99. The van der Waals surface area contributed by atoms with E-state index in [1.54, 1.807) is 13.2 Å². The number of nitrogens with one attached hydrogen (secondary N) is 2. The molecule has 2 aliphatic heterocycles. The van der Waals surface area contributed by atoms with Crippen LogP contribution in [0.2, 0.25) is 0 Å². The molecule has 0 aliphatic carbocycles. The van der Waals surface area contributed by atoms with Crippen LogP contribution in [0.1, 0.15) is 39.5 Å². The van der Waals surface area contributed by atoms with Crippen molar-refractivity contribution >= 4 is 29.3 Å². The molecule has 2 heterocycles. The molecular formula is C18H33ClN2O5S. The topological polar surface area (TPSA) is 111 Å². The Labute approximate surface area is 170 Å². The second-order valence-electron chi connectivity index (χ2n) is 7.54. The summed E-state index contributed by atoms with van der Waals surface area (Å²) in [6, 6.07) is -1.01. The van der Waals surface area contributed by atoms with E-state index >= 15 is 0 Å². The molecule has 2 saturated heterocycles. The molecule has 0 radical (unpaired) electrons. The minimum absolute atomic E-state index is 0.179. The summed E-state index contributed by atoms with van der Waals surface area (Å²) in [7, 11) is 0. The molecule has 9 atom stereocenters. The Morgan fingerprint density at radius 2 is 1.96 bits per heavy atom. The summed E-state index contributed by atoms with van der Waals surface area (Å²) in [6.45, 7) is 4.67. The molecule has 27 heavy (non-hydrogen) atoms. The quantitative estimate of drug-likeness (QED) is 0.393. The van der Waals surface area contributed by atoms with E-state index in [-0.39, 0.29) is 11.9 Å². The second-order valence-corrected chi connectivity index (χ2v) is 9.16. The van der Waals surface area contributed by atoms with Crippen molar-refractivity contribution in [3.8, 4) is 0 Å². The summed E-state index contributed by atoms with van der Waals surface area (Å²) in [5.74, 6) is 0.446. The molecule has 158 valence electrons. The Kier molecular flexibility index (Phi) is 9.12. The third-order valence-electron chi connectivity index (χ3n) is 5.70. The average Bonchev–Trinajstić information content (AvgIpc) is 2.90. The lowest BCUT2D eigenvalue weighted by Gasteiger charge is -2.44. The molecule has 2 rings (SSSR count). The largest absolute Gasteiger partial charge is 0.388 e. The number of aliphatic hydroxyl groups is 3. The van der Waals surface area contributed by atoms with Crippen LogP contribution in [0.5, 0.6) is 0 Å². The molecule has 0 aromatic heterocycles. The van der Waals surface area contributed by atoms with Crippen LogP contribution in [-0.4, -0.2) is 81.3 Å². The first-order valence-corrected chi connectivity index (χ1v) is 11.4. The van der Waals surface area contributed by atoms with E-state index in [4.69, 9.17) is 16.3 Å². The zero-order valence-electron chi connectivity index (χ0n) is 16.2. The van der Waals surface area contributed by atoms with Gasteiger partial charge in [0.1, 0.15) is 29.9 Å². The van der Waals surface area contributed by atoms with E-state index < -0.39 is 41.3 Å². The Morgan fingerprint density at radius 3 is 2.56 bits per heavy atom. The van der Waals surface area contributed by atoms with Crippen LogP contribution in [0.3, 0.4) is 0 Å². The first-order valence-electron chi connectivity index (χ1n) is 9.70. The maximum Gasteiger partial charge on any atom is 0.237 e. The fourth-order valence-electron chi connectivity index (χ4n) is 3.83. The summed E-state index contributed by atoms with van der Waals surface area (Å²) >= 11 is 7.53. The number of alkyl halides is 1. The zero-order valence-corrected chi connectivity index (χ0v) is 17.7. The number of aliphatic hydroxyl groups excluding tert-OH is 3. The lowest BCUT2D eigenvalue weighted by molar-refractivity contribution is -0.205. The molecule has 0 aromatic rings. The number of thioether (sulfide) groups is 1. The molecule has 0 aromatic carbocycles. The standard InChI is InChI=1S/C18H33ClN2O5S/c1-4-10-5-6-11(20-8-7-10)17(25)21-12(9(2)19)16-14(23)13(22)15(24)18(26-16)27-3/h9-16,18,20,22-24H,4-8H2,1-3H3,(H,21,25)/t9?,10?,11?,12?,13-,14+,15+,16+,18+/m0/s1. The van der Waals surface area contributed by atoms with Crippen molar-refractivity contribution < 1.29 is 24.9 Å². The molecule has 4 unspecified atom stereocenters. The van der Waals surface area contributed by atoms with Crippen LogP contribution in [0.25, 0.3) is 0 Å². The van der Waals surface area contributed by atoms with Gasteiger partial charge in [-0.15, -0.1) is 23.4 Å². The molecule has 7 nitrogen and oxygen atoms in total. The summed E-state index contributed by atoms with van der Waals surface area (Å²) in [4.78, 5) is 12.8. The van der Waals surface area contributed by atoms with Gasteiger partial charge in [-0.1, -0.05) is 13.3 Å². The van der Waals surface area contributed by atoms with Gasteiger partial charge in [-0.2, -0.15) is 0 Å². The summed E-state index contributed by atoms with van der Waals surface area (Å²) in [5.41, 5.74) is -0.704. The van der Waals surface area contributed by atoms with Crippen molar-refractivity contribution in [2.75, 3.05) is 12.8 Å².